The molecule has 1 fully saturated rings. The van der Waals surface area contributed by atoms with Crippen LogP contribution in [0.1, 0.15) is 30.9 Å². The molecule has 2 aromatic rings. The summed E-state index contributed by atoms with van der Waals surface area (Å²) in [6.07, 6.45) is 0.539. The van der Waals surface area contributed by atoms with Gasteiger partial charge in [-0.2, -0.15) is 0 Å². The van der Waals surface area contributed by atoms with Crippen molar-refractivity contribution in [1.29, 1.82) is 0 Å². The highest BCUT2D eigenvalue weighted by Gasteiger charge is 2.35. The van der Waals surface area contributed by atoms with Crippen LogP contribution in [0.15, 0.2) is 60.7 Å². The molecule has 0 aliphatic carbocycles. The van der Waals surface area contributed by atoms with E-state index in [0.29, 0.717) is 6.54 Å². The molecule has 142 valence electrons. The van der Waals surface area contributed by atoms with E-state index in [4.69, 9.17) is 9.47 Å². The van der Waals surface area contributed by atoms with Crippen molar-refractivity contribution in [3.8, 4) is 0 Å². The molecule has 27 heavy (non-hydrogen) atoms. The molecule has 1 atom stereocenters. The molecule has 1 saturated heterocycles. The Bertz CT molecular complexity index is 751. The second-order valence-corrected chi connectivity index (χ2v) is 6.54. The lowest BCUT2D eigenvalue weighted by Crippen LogP contribution is -2.57. The van der Waals surface area contributed by atoms with Crippen molar-refractivity contribution in [2.75, 3.05) is 6.54 Å². The summed E-state index contributed by atoms with van der Waals surface area (Å²) in [6.45, 7) is 2.66. The molecular formula is C21H24N2O4. The molecule has 2 amide bonds. The number of hydrogen-bond acceptors (Lipinski definition) is 4. The number of hydrazine groups is 1. The number of benzene rings is 2. The van der Waals surface area contributed by atoms with E-state index in [9.17, 15) is 9.59 Å². The SMILES string of the molecule is CC1CCCN(C(=O)OCc2ccccc2)N1C(=O)OCc1ccccc1. The van der Waals surface area contributed by atoms with Gasteiger partial charge < -0.3 is 9.47 Å². The molecule has 6 heteroatoms. The smallest absolute Gasteiger partial charge is 0.429 e. The number of hydrogen-bond donors (Lipinski definition) is 0. The van der Waals surface area contributed by atoms with Crippen LogP contribution in [-0.2, 0) is 22.7 Å². The van der Waals surface area contributed by atoms with Crippen LogP contribution in [0.3, 0.4) is 0 Å². The number of rotatable bonds is 4. The van der Waals surface area contributed by atoms with Crippen LogP contribution >= 0.6 is 0 Å². The highest BCUT2D eigenvalue weighted by molar-refractivity contribution is 5.74. The van der Waals surface area contributed by atoms with Crippen molar-refractivity contribution >= 4 is 12.2 Å². The van der Waals surface area contributed by atoms with Crippen molar-refractivity contribution in [1.82, 2.24) is 10.0 Å². The summed E-state index contributed by atoms with van der Waals surface area (Å²) < 4.78 is 10.8. The molecule has 1 aliphatic heterocycles. The van der Waals surface area contributed by atoms with E-state index in [1.54, 1.807) is 0 Å². The first-order chi connectivity index (χ1) is 13.1. The fourth-order valence-corrected chi connectivity index (χ4v) is 3.04. The van der Waals surface area contributed by atoms with E-state index in [0.717, 1.165) is 24.0 Å². The average Bonchev–Trinajstić information content (AvgIpc) is 2.71. The summed E-state index contributed by atoms with van der Waals surface area (Å²) in [5.74, 6) is 0. The van der Waals surface area contributed by atoms with Gasteiger partial charge in [0.05, 0.1) is 6.04 Å². The lowest BCUT2D eigenvalue weighted by Gasteiger charge is -2.40. The Morgan fingerprint density at radius 2 is 1.41 bits per heavy atom. The van der Waals surface area contributed by atoms with Crippen LogP contribution in [0.2, 0.25) is 0 Å². The summed E-state index contributed by atoms with van der Waals surface area (Å²) in [6, 6.07) is 18.8. The molecule has 1 aliphatic rings. The summed E-state index contributed by atoms with van der Waals surface area (Å²) in [4.78, 5) is 25.2. The quantitative estimate of drug-likeness (QED) is 0.804. The summed E-state index contributed by atoms with van der Waals surface area (Å²) in [5, 5.41) is 2.73. The molecule has 1 unspecified atom stereocenters. The van der Waals surface area contributed by atoms with Crippen LogP contribution in [0.5, 0.6) is 0 Å². The van der Waals surface area contributed by atoms with Gasteiger partial charge in [0.1, 0.15) is 13.2 Å². The minimum Gasteiger partial charge on any atom is -0.443 e. The average molecular weight is 368 g/mol. The standard InChI is InChI=1S/C21H24N2O4/c1-17-9-8-14-22(20(24)26-15-18-10-4-2-5-11-18)23(17)21(25)27-16-19-12-6-3-7-13-19/h2-7,10-13,17H,8-9,14-16H2,1H3. The predicted molar refractivity (Wildman–Crippen MR) is 100 cm³/mol. The molecule has 0 N–H and O–H groups in total. The Morgan fingerprint density at radius 1 is 0.889 bits per heavy atom. The van der Waals surface area contributed by atoms with Gasteiger partial charge in [0, 0.05) is 6.54 Å². The van der Waals surface area contributed by atoms with Crippen molar-refractivity contribution in [2.45, 2.75) is 39.0 Å². The van der Waals surface area contributed by atoms with E-state index in [1.165, 1.54) is 10.0 Å². The van der Waals surface area contributed by atoms with Crippen molar-refractivity contribution in [3.63, 3.8) is 0 Å². The van der Waals surface area contributed by atoms with Gasteiger partial charge in [-0.3, -0.25) is 0 Å². The first-order valence-electron chi connectivity index (χ1n) is 9.13. The number of nitrogens with zero attached hydrogens (tertiary/aromatic N) is 2. The van der Waals surface area contributed by atoms with Gasteiger partial charge in [0.15, 0.2) is 0 Å². The fourth-order valence-electron chi connectivity index (χ4n) is 3.04. The zero-order valence-electron chi connectivity index (χ0n) is 15.4. The topological polar surface area (TPSA) is 59.1 Å². The van der Waals surface area contributed by atoms with Crippen molar-refractivity contribution in [3.05, 3.63) is 71.8 Å². The van der Waals surface area contributed by atoms with Crippen LogP contribution in [0, 0.1) is 0 Å². The van der Waals surface area contributed by atoms with Gasteiger partial charge in [0.25, 0.3) is 0 Å². The van der Waals surface area contributed by atoms with E-state index in [1.807, 2.05) is 67.6 Å². The third-order valence-electron chi connectivity index (χ3n) is 4.48. The van der Waals surface area contributed by atoms with E-state index in [2.05, 4.69) is 0 Å². The minimum atomic E-state index is -0.540. The second-order valence-electron chi connectivity index (χ2n) is 6.54. The fraction of sp³-hybridized carbons (Fsp3) is 0.333. The van der Waals surface area contributed by atoms with E-state index >= 15 is 0 Å². The van der Waals surface area contributed by atoms with Gasteiger partial charge in [-0.05, 0) is 30.9 Å². The Kier molecular flexibility index (Phi) is 6.30. The normalized spacial score (nSPS) is 16.7. The molecule has 3 rings (SSSR count). The van der Waals surface area contributed by atoms with Gasteiger partial charge in [-0.1, -0.05) is 60.7 Å². The molecule has 0 radical (unpaired) electrons. The van der Waals surface area contributed by atoms with Crippen molar-refractivity contribution < 1.29 is 19.1 Å². The maximum absolute atomic E-state index is 12.6. The molecule has 0 saturated carbocycles. The zero-order chi connectivity index (χ0) is 19.1. The number of ether oxygens (including phenoxy) is 2. The first kappa shape index (κ1) is 18.8. The van der Waals surface area contributed by atoms with Crippen LogP contribution in [0.4, 0.5) is 9.59 Å². The number of carbonyl (C=O) groups excluding carboxylic acids is 2. The Morgan fingerprint density at radius 3 is 1.96 bits per heavy atom. The number of amides is 2. The lowest BCUT2D eigenvalue weighted by molar-refractivity contribution is -0.0643. The first-order valence-corrected chi connectivity index (χ1v) is 9.13. The van der Waals surface area contributed by atoms with Gasteiger partial charge in [0.2, 0.25) is 0 Å². The largest absolute Gasteiger partial charge is 0.443 e. The Balaban J connectivity index is 1.61. The predicted octanol–water partition coefficient (Wildman–Crippen LogP) is 4.36. The van der Waals surface area contributed by atoms with Gasteiger partial charge in [-0.15, -0.1) is 0 Å². The zero-order valence-corrected chi connectivity index (χ0v) is 15.4. The van der Waals surface area contributed by atoms with Gasteiger partial charge in [-0.25, -0.2) is 19.6 Å². The van der Waals surface area contributed by atoms with E-state index in [-0.39, 0.29) is 19.3 Å². The monoisotopic (exact) mass is 368 g/mol. The molecule has 6 nitrogen and oxygen atoms in total. The van der Waals surface area contributed by atoms with Crippen molar-refractivity contribution in [2.24, 2.45) is 0 Å². The Hall–Kier alpha value is -3.02. The second kappa shape index (κ2) is 9.07. The van der Waals surface area contributed by atoms with E-state index < -0.39 is 12.2 Å². The molecule has 1 heterocycles. The lowest BCUT2D eigenvalue weighted by atomic mass is 10.1. The van der Waals surface area contributed by atoms with Crippen LogP contribution < -0.4 is 0 Å². The highest BCUT2D eigenvalue weighted by atomic mass is 16.6. The maximum Gasteiger partial charge on any atom is 0.429 e. The summed E-state index contributed by atoms with van der Waals surface area (Å²) in [7, 11) is 0. The molecule has 0 spiro atoms. The van der Waals surface area contributed by atoms with Crippen LogP contribution in [-0.4, -0.2) is 34.8 Å². The minimum absolute atomic E-state index is 0.133. The third-order valence-corrected chi connectivity index (χ3v) is 4.48. The van der Waals surface area contributed by atoms with Gasteiger partial charge >= 0.3 is 12.2 Å². The molecule has 0 aromatic heterocycles. The Labute approximate surface area is 159 Å². The highest BCUT2D eigenvalue weighted by Crippen LogP contribution is 2.21. The molecule has 2 aromatic carbocycles. The summed E-state index contributed by atoms with van der Waals surface area (Å²) >= 11 is 0. The maximum atomic E-state index is 12.6. The molecular weight excluding hydrogens is 344 g/mol. The van der Waals surface area contributed by atoms with Crippen LogP contribution in [0.25, 0.3) is 0 Å². The summed E-state index contributed by atoms with van der Waals surface area (Å²) in [5.41, 5.74) is 1.79. The third kappa shape index (κ3) is 5.00. The number of carbonyl (C=O) groups is 2. The molecule has 0 bridgehead atoms.